The van der Waals surface area contributed by atoms with Crippen molar-refractivity contribution < 1.29 is 9.59 Å². The molecular formula is C10H17ClN2O2. The fourth-order valence-electron chi connectivity index (χ4n) is 1.59. The standard InChI is InChI=1S/C10H17ClN2O2/c1-8-2-6-13(7-3-8)10(15)9(14)12-5-4-11/h8H,2-7H2,1H3,(H,12,14). The van der Waals surface area contributed by atoms with Gasteiger partial charge in [0.25, 0.3) is 0 Å². The number of rotatable bonds is 2. The van der Waals surface area contributed by atoms with Gasteiger partial charge in [-0.05, 0) is 18.8 Å². The maximum atomic E-state index is 11.6. The summed E-state index contributed by atoms with van der Waals surface area (Å²) in [7, 11) is 0. The van der Waals surface area contributed by atoms with Crippen molar-refractivity contribution >= 4 is 23.4 Å². The lowest BCUT2D eigenvalue weighted by Gasteiger charge is -2.29. The number of likely N-dealkylation sites (tertiary alicyclic amines) is 1. The Kier molecular flexibility index (Phi) is 4.88. The van der Waals surface area contributed by atoms with Crippen LogP contribution in [0.15, 0.2) is 0 Å². The molecule has 0 spiro atoms. The van der Waals surface area contributed by atoms with Crippen molar-refractivity contribution in [3.05, 3.63) is 0 Å². The Hall–Kier alpha value is -0.770. The molecule has 1 aliphatic rings. The van der Waals surface area contributed by atoms with Gasteiger partial charge in [-0.25, -0.2) is 0 Å². The van der Waals surface area contributed by atoms with Gasteiger partial charge in [-0.15, -0.1) is 11.6 Å². The minimum Gasteiger partial charge on any atom is -0.347 e. The summed E-state index contributed by atoms with van der Waals surface area (Å²) in [6.07, 6.45) is 1.96. The Morgan fingerprint density at radius 1 is 1.40 bits per heavy atom. The van der Waals surface area contributed by atoms with Crippen LogP contribution in [0.1, 0.15) is 19.8 Å². The number of amides is 2. The van der Waals surface area contributed by atoms with E-state index in [2.05, 4.69) is 12.2 Å². The van der Waals surface area contributed by atoms with E-state index in [4.69, 9.17) is 11.6 Å². The van der Waals surface area contributed by atoms with Gasteiger partial charge in [0.15, 0.2) is 0 Å². The first-order valence-corrected chi connectivity index (χ1v) is 5.81. The largest absolute Gasteiger partial charge is 0.347 e. The zero-order chi connectivity index (χ0) is 11.3. The van der Waals surface area contributed by atoms with Gasteiger partial charge in [-0.1, -0.05) is 6.92 Å². The summed E-state index contributed by atoms with van der Waals surface area (Å²) >= 11 is 5.42. The average Bonchev–Trinajstić information content (AvgIpc) is 2.26. The van der Waals surface area contributed by atoms with E-state index < -0.39 is 11.8 Å². The molecule has 15 heavy (non-hydrogen) atoms. The molecule has 0 aromatic rings. The molecule has 1 aliphatic heterocycles. The summed E-state index contributed by atoms with van der Waals surface area (Å²) in [5.74, 6) is 0.0212. The normalized spacial score (nSPS) is 17.6. The second-order valence-electron chi connectivity index (χ2n) is 3.92. The summed E-state index contributed by atoms with van der Waals surface area (Å²) in [6.45, 7) is 3.88. The van der Waals surface area contributed by atoms with Gasteiger partial charge in [-0.2, -0.15) is 0 Å². The SMILES string of the molecule is CC1CCN(C(=O)C(=O)NCCCl)CC1. The number of hydrogen-bond donors (Lipinski definition) is 1. The molecular weight excluding hydrogens is 216 g/mol. The molecule has 2 amide bonds. The number of alkyl halides is 1. The summed E-state index contributed by atoms with van der Waals surface area (Å²) in [5.41, 5.74) is 0. The Balaban J connectivity index is 2.36. The van der Waals surface area contributed by atoms with Crippen molar-refractivity contribution in [2.45, 2.75) is 19.8 Å². The van der Waals surface area contributed by atoms with Crippen molar-refractivity contribution in [1.82, 2.24) is 10.2 Å². The number of carbonyl (C=O) groups excluding carboxylic acids is 2. The molecule has 0 aromatic carbocycles. The zero-order valence-electron chi connectivity index (χ0n) is 8.96. The van der Waals surface area contributed by atoms with Crippen LogP contribution in [0.4, 0.5) is 0 Å². The minimum atomic E-state index is -0.537. The van der Waals surface area contributed by atoms with Gasteiger partial charge in [0.1, 0.15) is 0 Å². The van der Waals surface area contributed by atoms with E-state index in [1.165, 1.54) is 0 Å². The molecule has 1 N–H and O–H groups in total. The van der Waals surface area contributed by atoms with E-state index in [0.29, 0.717) is 31.4 Å². The smallest absolute Gasteiger partial charge is 0.311 e. The highest BCUT2D eigenvalue weighted by Gasteiger charge is 2.24. The summed E-state index contributed by atoms with van der Waals surface area (Å²) in [6, 6.07) is 0. The average molecular weight is 233 g/mol. The predicted molar refractivity (Wildman–Crippen MR) is 58.7 cm³/mol. The molecule has 1 heterocycles. The third kappa shape index (κ3) is 3.70. The summed E-state index contributed by atoms with van der Waals surface area (Å²) in [4.78, 5) is 24.5. The van der Waals surface area contributed by atoms with E-state index in [1.807, 2.05) is 0 Å². The highest BCUT2D eigenvalue weighted by atomic mass is 35.5. The molecule has 0 atom stereocenters. The van der Waals surface area contributed by atoms with Gasteiger partial charge in [0.2, 0.25) is 0 Å². The number of nitrogens with zero attached hydrogens (tertiary/aromatic N) is 1. The van der Waals surface area contributed by atoms with Gasteiger partial charge < -0.3 is 10.2 Å². The fourth-order valence-corrected chi connectivity index (χ4v) is 1.69. The van der Waals surface area contributed by atoms with Gasteiger partial charge >= 0.3 is 11.8 Å². The lowest BCUT2D eigenvalue weighted by molar-refractivity contribution is -0.146. The number of halogens is 1. The summed E-state index contributed by atoms with van der Waals surface area (Å²) in [5, 5.41) is 2.48. The molecule has 1 fully saturated rings. The van der Waals surface area contributed by atoms with Crippen LogP contribution in [-0.4, -0.2) is 42.2 Å². The van der Waals surface area contributed by atoms with Crippen LogP contribution in [0.2, 0.25) is 0 Å². The molecule has 1 rings (SSSR count). The first-order chi connectivity index (χ1) is 7.15. The van der Waals surface area contributed by atoms with Crippen molar-refractivity contribution in [3.8, 4) is 0 Å². The van der Waals surface area contributed by atoms with Crippen molar-refractivity contribution in [1.29, 1.82) is 0 Å². The molecule has 5 heteroatoms. The topological polar surface area (TPSA) is 49.4 Å². The summed E-state index contributed by atoms with van der Waals surface area (Å²) < 4.78 is 0. The van der Waals surface area contributed by atoms with Gasteiger partial charge in [0.05, 0.1) is 0 Å². The fraction of sp³-hybridized carbons (Fsp3) is 0.800. The molecule has 0 aliphatic carbocycles. The zero-order valence-corrected chi connectivity index (χ0v) is 9.72. The first-order valence-electron chi connectivity index (χ1n) is 5.28. The molecule has 4 nitrogen and oxygen atoms in total. The van der Waals surface area contributed by atoms with Crippen LogP contribution < -0.4 is 5.32 Å². The maximum absolute atomic E-state index is 11.6. The van der Waals surface area contributed by atoms with Gasteiger partial charge in [0, 0.05) is 25.5 Å². The second-order valence-corrected chi connectivity index (χ2v) is 4.30. The van der Waals surface area contributed by atoms with E-state index >= 15 is 0 Å². The highest BCUT2D eigenvalue weighted by Crippen LogP contribution is 2.15. The Bertz CT molecular complexity index is 238. The van der Waals surface area contributed by atoms with Crippen LogP contribution in [0.5, 0.6) is 0 Å². The third-order valence-electron chi connectivity index (χ3n) is 2.65. The van der Waals surface area contributed by atoms with Crippen molar-refractivity contribution in [2.75, 3.05) is 25.5 Å². The monoisotopic (exact) mass is 232 g/mol. The molecule has 0 radical (unpaired) electrons. The highest BCUT2D eigenvalue weighted by molar-refractivity contribution is 6.35. The van der Waals surface area contributed by atoms with Crippen LogP contribution in [0, 0.1) is 5.92 Å². The Morgan fingerprint density at radius 2 is 2.00 bits per heavy atom. The predicted octanol–water partition coefficient (Wildman–Crippen LogP) is 0.600. The Morgan fingerprint density at radius 3 is 2.53 bits per heavy atom. The lowest BCUT2D eigenvalue weighted by atomic mass is 9.99. The van der Waals surface area contributed by atoms with E-state index in [1.54, 1.807) is 4.90 Å². The Labute approximate surface area is 95.0 Å². The van der Waals surface area contributed by atoms with Crippen molar-refractivity contribution in [2.24, 2.45) is 5.92 Å². The van der Waals surface area contributed by atoms with Crippen LogP contribution >= 0.6 is 11.6 Å². The van der Waals surface area contributed by atoms with Gasteiger partial charge in [-0.3, -0.25) is 9.59 Å². The van der Waals surface area contributed by atoms with Crippen LogP contribution in [-0.2, 0) is 9.59 Å². The number of piperidine rings is 1. The molecule has 86 valence electrons. The molecule has 0 aromatic heterocycles. The lowest BCUT2D eigenvalue weighted by Crippen LogP contribution is -2.46. The van der Waals surface area contributed by atoms with E-state index in [0.717, 1.165) is 12.8 Å². The molecule has 1 saturated heterocycles. The van der Waals surface area contributed by atoms with Crippen LogP contribution in [0.3, 0.4) is 0 Å². The maximum Gasteiger partial charge on any atom is 0.311 e. The number of hydrogen-bond acceptors (Lipinski definition) is 2. The van der Waals surface area contributed by atoms with E-state index in [9.17, 15) is 9.59 Å². The number of nitrogens with one attached hydrogen (secondary N) is 1. The quantitative estimate of drug-likeness (QED) is 0.560. The molecule has 0 bridgehead atoms. The molecule has 0 unspecified atom stereocenters. The van der Waals surface area contributed by atoms with Crippen LogP contribution in [0.25, 0.3) is 0 Å². The minimum absolute atomic E-state index is 0.329. The second kappa shape index (κ2) is 5.95. The third-order valence-corrected chi connectivity index (χ3v) is 2.83. The van der Waals surface area contributed by atoms with Crippen molar-refractivity contribution in [3.63, 3.8) is 0 Å². The first kappa shape index (κ1) is 12.3. The van der Waals surface area contributed by atoms with E-state index in [-0.39, 0.29) is 0 Å². The number of carbonyl (C=O) groups is 2. The molecule has 0 saturated carbocycles.